The first-order valence-corrected chi connectivity index (χ1v) is 6.46. The van der Waals surface area contributed by atoms with E-state index in [1.165, 1.54) is 5.56 Å². The smallest absolute Gasteiger partial charge is 0.222 e. The Morgan fingerprint density at radius 2 is 2.21 bits per heavy atom. The summed E-state index contributed by atoms with van der Waals surface area (Å²) in [6, 6.07) is 1.99. The molecule has 19 heavy (non-hydrogen) atoms. The lowest BCUT2D eigenvalue weighted by Crippen LogP contribution is -2.21. The van der Waals surface area contributed by atoms with Crippen LogP contribution in [0, 0.1) is 6.92 Å². The van der Waals surface area contributed by atoms with E-state index in [2.05, 4.69) is 26.2 Å². The van der Waals surface area contributed by atoms with E-state index in [0.717, 1.165) is 31.0 Å². The third kappa shape index (κ3) is 2.38. The summed E-state index contributed by atoms with van der Waals surface area (Å²) < 4.78 is 1.85. The predicted molar refractivity (Wildman–Crippen MR) is 74.0 cm³/mol. The Morgan fingerprint density at radius 3 is 2.89 bits per heavy atom. The second-order valence-electron chi connectivity index (χ2n) is 5.10. The Labute approximate surface area is 112 Å². The number of anilines is 2. The Balaban J connectivity index is 1.78. The van der Waals surface area contributed by atoms with Gasteiger partial charge in [0.2, 0.25) is 5.95 Å². The minimum atomic E-state index is 0.347. The summed E-state index contributed by atoms with van der Waals surface area (Å²) >= 11 is 0. The van der Waals surface area contributed by atoms with E-state index in [1.807, 2.05) is 30.9 Å². The number of rotatable bonds is 2. The fourth-order valence-corrected chi connectivity index (χ4v) is 2.63. The predicted octanol–water partition coefficient (Wildman–Crippen LogP) is 1.09. The fourth-order valence-electron chi connectivity index (χ4n) is 2.63. The average molecular weight is 258 g/mol. The van der Waals surface area contributed by atoms with Gasteiger partial charge in [0, 0.05) is 44.0 Å². The summed E-state index contributed by atoms with van der Waals surface area (Å²) in [7, 11) is 1.95. The van der Waals surface area contributed by atoms with E-state index >= 15 is 0 Å². The molecule has 2 aromatic rings. The van der Waals surface area contributed by atoms with E-state index in [9.17, 15) is 0 Å². The highest BCUT2D eigenvalue weighted by Crippen LogP contribution is 2.29. The van der Waals surface area contributed by atoms with Crippen molar-refractivity contribution in [3.63, 3.8) is 0 Å². The number of hydrogen-bond donors (Lipinski definition) is 1. The Morgan fingerprint density at radius 1 is 1.37 bits per heavy atom. The molecule has 0 aromatic carbocycles. The molecule has 2 aromatic heterocycles. The van der Waals surface area contributed by atoms with Gasteiger partial charge in [-0.15, -0.1) is 0 Å². The lowest BCUT2D eigenvalue weighted by Gasteiger charge is -2.17. The maximum atomic E-state index is 5.71. The molecule has 6 nitrogen and oxygen atoms in total. The molecule has 100 valence electrons. The molecule has 1 unspecified atom stereocenters. The van der Waals surface area contributed by atoms with Crippen LogP contribution in [0.15, 0.2) is 18.5 Å². The van der Waals surface area contributed by atoms with Crippen molar-refractivity contribution in [3.05, 3.63) is 29.7 Å². The van der Waals surface area contributed by atoms with E-state index in [0.29, 0.717) is 11.9 Å². The highest BCUT2D eigenvalue weighted by molar-refractivity contribution is 5.45. The van der Waals surface area contributed by atoms with E-state index in [4.69, 9.17) is 5.73 Å². The van der Waals surface area contributed by atoms with Gasteiger partial charge in [-0.2, -0.15) is 10.1 Å². The van der Waals surface area contributed by atoms with Gasteiger partial charge >= 0.3 is 0 Å². The van der Waals surface area contributed by atoms with Crippen LogP contribution in [0.5, 0.6) is 0 Å². The SMILES string of the molecule is Cc1cc(N2CCC(c3cnn(C)c3)C2)nc(N)n1. The Hall–Kier alpha value is -2.11. The Bertz CT molecular complexity index is 570. The summed E-state index contributed by atoms with van der Waals surface area (Å²) in [4.78, 5) is 10.7. The van der Waals surface area contributed by atoms with Crippen LogP contribution in [0.3, 0.4) is 0 Å². The normalized spacial score (nSPS) is 19.1. The first-order valence-electron chi connectivity index (χ1n) is 6.46. The zero-order chi connectivity index (χ0) is 13.4. The summed E-state index contributed by atoms with van der Waals surface area (Å²) in [5.41, 5.74) is 7.92. The van der Waals surface area contributed by atoms with Crippen LogP contribution in [0.4, 0.5) is 11.8 Å². The largest absolute Gasteiger partial charge is 0.368 e. The van der Waals surface area contributed by atoms with Gasteiger partial charge in [0.15, 0.2) is 0 Å². The van der Waals surface area contributed by atoms with Crippen LogP contribution in [0.2, 0.25) is 0 Å². The van der Waals surface area contributed by atoms with Gasteiger partial charge in [-0.1, -0.05) is 0 Å². The minimum Gasteiger partial charge on any atom is -0.368 e. The van der Waals surface area contributed by atoms with E-state index in [1.54, 1.807) is 0 Å². The van der Waals surface area contributed by atoms with Gasteiger partial charge in [-0.3, -0.25) is 4.68 Å². The maximum Gasteiger partial charge on any atom is 0.222 e. The third-order valence-corrected chi connectivity index (χ3v) is 3.57. The molecule has 0 amide bonds. The molecule has 1 fully saturated rings. The summed E-state index contributed by atoms with van der Waals surface area (Å²) in [6.45, 7) is 3.90. The molecule has 0 spiro atoms. The molecule has 1 saturated heterocycles. The van der Waals surface area contributed by atoms with Crippen molar-refractivity contribution in [2.75, 3.05) is 23.7 Å². The van der Waals surface area contributed by atoms with E-state index in [-0.39, 0.29) is 0 Å². The Kier molecular flexibility index (Phi) is 2.85. The van der Waals surface area contributed by atoms with Crippen molar-refractivity contribution in [3.8, 4) is 0 Å². The third-order valence-electron chi connectivity index (χ3n) is 3.57. The van der Waals surface area contributed by atoms with Crippen molar-refractivity contribution in [1.82, 2.24) is 19.7 Å². The maximum absolute atomic E-state index is 5.71. The number of nitrogen functional groups attached to an aromatic ring is 1. The fraction of sp³-hybridized carbons (Fsp3) is 0.462. The number of aromatic nitrogens is 4. The van der Waals surface area contributed by atoms with Crippen LogP contribution >= 0.6 is 0 Å². The van der Waals surface area contributed by atoms with Crippen molar-refractivity contribution < 1.29 is 0 Å². The van der Waals surface area contributed by atoms with Crippen molar-refractivity contribution in [1.29, 1.82) is 0 Å². The van der Waals surface area contributed by atoms with Gasteiger partial charge in [0.25, 0.3) is 0 Å². The molecule has 0 saturated carbocycles. The lowest BCUT2D eigenvalue weighted by molar-refractivity contribution is 0.754. The van der Waals surface area contributed by atoms with Crippen molar-refractivity contribution in [2.24, 2.45) is 7.05 Å². The van der Waals surface area contributed by atoms with Crippen LogP contribution in [0.1, 0.15) is 23.6 Å². The van der Waals surface area contributed by atoms with E-state index < -0.39 is 0 Å². The molecule has 3 rings (SSSR count). The number of nitrogens with zero attached hydrogens (tertiary/aromatic N) is 5. The van der Waals surface area contributed by atoms with Gasteiger partial charge in [-0.05, 0) is 18.9 Å². The van der Waals surface area contributed by atoms with Crippen LogP contribution in [-0.2, 0) is 7.05 Å². The highest BCUT2D eigenvalue weighted by atomic mass is 15.2. The summed E-state index contributed by atoms with van der Waals surface area (Å²) in [6.07, 6.45) is 5.16. The molecule has 6 heteroatoms. The average Bonchev–Trinajstić information content (AvgIpc) is 2.95. The van der Waals surface area contributed by atoms with Crippen molar-refractivity contribution >= 4 is 11.8 Å². The first kappa shape index (κ1) is 12.0. The second-order valence-corrected chi connectivity index (χ2v) is 5.10. The standard InChI is InChI=1S/C13H18N6/c1-9-5-12(17-13(14)16-9)19-4-3-10(8-19)11-6-15-18(2)7-11/h5-7,10H,3-4,8H2,1-2H3,(H2,14,16,17). The molecule has 3 heterocycles. The van der Waals surface area contributed by atoms with Gasteiger partial charge in [0.05, 0.1) is 6.20 Å². The second kappa shape index (κ2) is 4.53. The molecular weight excluding hydrogens is 240 g/mol. The molecule has 0 radical (unpaired) electrons. The van der Waals surface area contributed by atoms with Gasteiger partial charge in [-0.25, -0.2) is 4.98 Å². The van der Waals surface area contributed by atoms with Gasteiger partial charge in [0.1, 0.15) is 5.82 Å². The number of hydrogen-bond acceptors (Lipinski definition) is 5. The quantitative estimate of drug-likeness (QED) is 0.873. The summed E-state index contributed by atoms with van der Waals surface area (Å²) in [5, 5.41) is 4.24. The molecule has 2 N–H and O–H groups in total. The minimum absolute atomic E-state index is 0.347. The van der Waals surface area contributed by atoms with Crippen LogP contribution < -0.4 is 10.6 Å². The summed E-state index contributed by atoms with van der Waals surface area (Å²) in [5.74, 6) is 1.79. The lowest BCUT2D eigenvalue weighted by atomic mass is 10.0. The molecule has 0 bridgehead atoms. The molecule has 1 aliphatic rings. The highest BCUT2D eigenvalue weighted by Gasteiger charge is 2.26. The molecular formula is C13H18N6. The van der Waals surface area contributed by atoms with Crippen molar-refractivity contribution in [2.45, 2.75) is 19.3 Å². The molecule has 1 atom stereocenters. The number of aryl methyl sites for hydroxylation is 2. The zero-order valence-electron chi connectivity index (χ0n) is 11.2. The zero-order valence-corrected chi connectivity index (χ0v) is 11.2. The molecule has 0 aliphatic carbocycles. The van der Waals surface area contributed by atoms with Crippen LogP contribution in [0.25, 0.3) is 0 Å². The van der Waals surface area contributed by atoms with Gasteiger partial charge < -0.3 is 10.6 Å². The van der Waals surface area contributed by atoms with Crippen LogP contribution in [-0.4, -0.2) is 32.8 Å². The first-order chi connectivity index (χ1) is 9.11. The topological polar surface area (TPSA) is 72.9 Å². The number of nitrogens with two attached hydrogens (primary N) is 1. The monoisotopic (exact) mass is 258 g/mol. The molecule has 1 aliphatic heterocycles.